The Morgan fingerprint density at radius 2 is 2.11 bits per heavy atom. The minimum Gasteiger partial charge on any atom is -0.491 e. The molecule has 0 aliphatic carbocycles. The van der Waals surface area contributed by atoms with E-state index in [4.69, 9.17) is 10.00 Å². The third-order valence-corrected chi connectivity index (χ3v) is 4.21. The Labute approximate surface area is 114 Å². The second kappa shape index (κ2) is 6.43. The number of nitrogens with one attached hydrogen (secondary N) is 1. The third kappa shape index (κ3) is 4.45. The summed E-state index contributed by atoms with van der Waals surface area (Å²) in [7, 11) is -3.68. The van der Waals surface area contributed by atoms with Gasteiger partial charge in [0, 0.05) is 6.07 Å². The number of hydrogen-bond donors (Lipinski definition) is 1. The van der Waals surface area contributed by atoms with Gasteiger partial charge in [0.2, 0.25) is 10.0 Å². The molecule has 0 saturated heterocycles. The molecule has 0 fully saturated rings. The lowest BCUT2D eigenvalue weighted by Gasteiger charge is -2.14. The Kier molecular flexibility index (Phi) is 5.19. The van der Waals surface area contributed by atoms with E-state index in [9.17, 15) is 8.42 Å². The van der Waals surface area contributed by atoms with Gasteiger partial charge in [0.25, 0.3) is 0 Å². The Hall–Kier alpha value is -1.74. The van der Waals surface area contributed by atoms with E-state index in [2.05, 4.69) is 4.72 Å². The molecule has 0 radical (unpaired) electrons. The van der Waals surface area contributed by atoms with Gasteiger partial charge < -0.3 is 4.74 Å². The van der Waals surface area contributed by atoms with E-state index in [1.807, 2.05) is 13.8 Å². The summed E-state index contributed by atoms with van der Waals surface area (Å²) >= 11 is 0. The fourth-order valence-electron chi connectivity index (χ4n) is 1.27. The Morgan fingerprint density at radius 3 is 2.68 bits per heavy atom. The van der Waals surface area contributed by atoms with Crippen molar-refractivity contribution in [1.29, 1.82) is 5.26 Å². The first kappa shape index (κ1) is 15.3. The van der Waals surface area contributed by atoms with Crippen LogP contribution in [0.3, 0.4) is 0 Å². The Bertz CT molecular complexity index is 563. The van der Waals surface area contributed by atoms with Gasteiger partial charge in [0.1, 0.15) is 5.75 Å². The number of hydrogen-bond acceptors (Lipinski definition) is 4. The molecule has 0 bridgehead atoms. The number of rotatable bonds is 6. The minimum absolute atomic E-state index is 0.0601. The molecule has 1 rings (SSSR count). The third-order valence-electron chi connectivity index (χ3n) is 2.65. The van der Waals surface area contributed by atoms with Crippen LogP contribution >= 0.6 is 0 Å². The fraction of sp³-hybridized carbons (Fsp3) is 0.462. The van der Waals surface area contributed by atoms with Gasteiger partial charge in [-0.2, -0.15) is 5.26 Å². The lowest BCUT2D eigenvalue weighted by molar-refractivity contribution is 0.217. The molecule has 0 aliphatic heterocycles. The van der Waals surface area contributed by atoms with Crippen LogP contribution in [0.2, 0.25) is 0 Å². The zero-order chi connectivity index (χ0) is 14.5. The molecule has 2 unspecified atom stereocenters. The number of nitrogens with zero attached hydrogens (tertiary/aromatic N) is 1. The molecule has 104 valence electrons. The summed E-state index contributed by atoms with van der Waals surface area (Å²) in [5, 5.41) is 7.56. The predicted octanol–water partition coefficient (Wildman–Crippen LogP) is 2.52. The number of nitriles is 1. The van der Waals surface area contributed by atoms with Crippen molar-refractivity contribution in [1.82, 2.24) is 0 Å². The Balaban J connectivity index is 2.87. The molecule has 0 heterocycles. The zero-order valence-electron chi connectivity index (χ0n) is 11.3. The molecule has 5 nitrogen and oxygen atoms in total. The van der Waals surface area contributed by atoms with Crippen molar-refractivity contribution in [3.8, 4) is 11.8 Å². The topological polar surface area (TPSA) is 79.2 Å². The average Bonchev–Trinajstić information content (AvgIpc) is 2.37. The predicted molar refractivity (Wildman–Crippen MR) is 74.4 cm³/mol. The summed E-state index contributed by atoms with van der Waals surface area (Å²) in [4.78, 5) is 0. The largest absolute Gasteiger partial charge is 0.491 e. The SMILES string of the molecule is CCC(C)Oc1cccc(NS(=O)(=O)C(C)C#N)c1. The highest BCUT2D eigenvalue weighted by atomic mass is 32.2. The maximum absolute atomic E-state index is 11.7. The molecule has 0 aliphatic rings. The van der Waals surface area contributed by atoms with E-state index in [-0.39, 0.29) is 6.10 Å². The van der Waals surface area contributed by atoms with Crippen LogP contribution in [-0.4, -0.2) is 19.8 Å². The highest BCUT2D eigenvalue weighted by Crippen LogP contribution is 2.20. The number of ether oxygens (including phenoxy) is 1. The molecule has 0 spiro atoms. The van der Waals surface area contributed by atoms with Crippen LogP contribution in [0, 0.1) is 11.3 Å². The van der Waals surface area contributed by atoms with E-state index >= 15 is 0 Å². The average molecular weight is 282 g/mol. The summed E-state index contributed by atoms with van der Waals surface area (Å²) in [6.45, 7) is 5.28. The lowest BCUT2D eigenvalue weighted by Crippen LogP contribution is -2.23. The van der Waals surface area contributed by atoms with E-state index in [0.29, 0.717) is 11.4 Å². The maximum atomic E-state index is 11.7. The van der Waals surface area contributed by atoms with Crippen molar-refractivity contribution in [2.75, 3.05) is 4.72 Å². The fourth-order valence-corrected chi connectivity index (χ4v) is 2.04. The Morgan fingerprint density at radius 1 is 1.42 bits per heavy atom. The van der Waals surface area contributed by atoms with Crippen molar-refractivity contribution < 1.29 is 13.2 Å². The first-order valence-corrected chi connectivity index (χ1v) is 7.61. The molecule has 6 heteroatoms. The number of sulfonamides is 1. The van der Waals surface area contributed by atoms with Crippen molar-refractivity contribution in [3.05, 3.63) is 24.3 Å². The molecule has 1 aromatic carbocycles. The van der Waals surface area contributed by atoms with Gasteiger partial charge in [-0.05, 0) is 32.4 Å². The molecule has 0 amide bonds. The van der Waals surface area contributed by atoms with Gasteiger partial charge in [-0.1, -0.05) is 13.0 Å². The highest BCUT2D eigenvalue weighted by molar-refractivity contribution is 7.93. The summed E-state index contributed by atoms with van der Waals surface area (Å²) in [5.41, 5.74) is 0.392. The van der Waals surface area contributed by atoms with E-state index in [1.54, 1.807) is 30.3 Å². The van der Waals surface area contributed by atoms with Crippen LogP contribution < -0.4 is 9.46 Å². The molecule has 19 heavy (non-hydrogen) atoms. The van der Waals surface area contributed by atoms with E-state index in [1.165, 1.54) is 6.92 Å². The monoisotopic (exact) mass is 282 g/mol. The highest BCUT2D eigenvalue weighted by Gasteiger charge is 2.20. The second-order valence-corrected chi connectivity index (χ2v) is 6.28. The lowest BCUT2D eigenvalue weighted by atomic mass is 10.3. The first-order chi connectivity index (χ1) is 8.89. The number of anilines is 1. The summed E-state index contributed by atoms with van der Waals surface area (Å²) in [6, 6.07) is 8.38. The quantitative estimate of drug-likeness (QED) is 0.869. The summed E-state index contributed by atoms with van der Waals surface area (Å²) in [6.07, 6.45) is 0.923. The van der Waals surface area contributed by atoms with Crippen LogP contribution in [0.15, 0.2) is 24.3 Å². The van der Waals surface area contributed by atoms with E-state index < -0.39 is 15.3 Å². The van der Waals surface area contributed by atoms with Crippen LogP contribution in [-0.2, 0) is 10.0 Å². The first-order valence-electron chi connectivity index (χ1n) is 6.07. The van der Waals surface area contributed by atoms with Gasteiger partial charge in [-0.3, -0.25) is 4.72 Å². The summed E-state index contributed by atoms with van der Waals surface area (Å²) < 4.78 is 31.5. The van der Waals surface area contributed by atoms with Gasteiger partial charge in [0.05, 0.1) is 17.9 Å². The molecule has 1 aromatic rings. The van der Waals surface area contributed by atoms with Gasteiger partial charge in [-0.15, -0.1) is 0 Å². The smallest absolute Gasteiger partial charge is 0.248 e. The molecule has 0 saturated carbocycles. The molecule has 2 atom stereocenters. The van der Waals surface area contributed by atoms with Gasteiger partial charge in [0.15, 0.2) is 5.25 Å². The summed E-state index contributed by atoms with van der Waals surface area (Å²) in [5.74, 6) is 0.596. The van der Waals surface area contributed by atoms with Crippen molar-refractivity contribution in [2.24, 2.45) is 0 Å². The maximum Gasteiger partial charge on any atom is 0.248 e. The second-order valence-electron chi connectivity index (χ2n) is 4.28. The van der Waals surface area contributed by atoms with Gasteiger partial charge in [-0.25, -0.2) is 8.42 Å². The van der Waals surface area contributed by atoms with Crippen molar-refractivity contribution >= 4 is 15.7 Å². The van der Waals surface area contributed by atoms with Crippen molar-refractivity contribution in [3.63, 3.8) is 0 Å². The van der Waals surface area contributed by atoms with Crippen LogP contribution in [0.1, 0.15) is 27.2 Å². The van der Waals surface area contributed by atoms with E-state index in [0.717, 1.165) is 6.42 Å². The minimum atomic E-state index is -3.68. The van der Waals surface area contributed by atoms with Crippen molar-refractivity contribution in [2.45, 2.75) is 38.5 Å². The van der Waals surface area contributed by atoms with Gasteiger partial charge >= 0.3 is 0 Å². The van der Waals surface area contributed by atoms with Crippen LogP contribution in [0.4, 0.5) is 5.69 Å². The standard InChI is InChI=1S/C13H18N2O3S/c1-4-10(2)18-13-7-5-6-12(8-13)15-19(16,17)11(3)9-14/h5-8,10-11,15H,4H2,1-3H3. The molecular weight excluding hydrogens is 264 g/mol. The molecular formula is C13H18N2O3S. The molecule has 1 N–H and O–H groups in total. The van der Waals surface area contributed by atoms with Crippen LogP contribution in [0.5, 0.6) is 5.75 Å². The number of benzene rings is 1. The zero-order valence-corrected chi connectivity index (χ0v) is 12.1. The normalized spacial score (nSPS) is 14.2. The molecule has 0 aromatic heterocycles. The van der Waals surface area contributed by atoms with Crippen LogP contribution in [0.25, 0.3) is 0 Å².